The molecule has 1 amide bonds. The van der Waals surface area contributed by atoms with Crippen LogP contribution in [0.3, 0.4) is 0 Å². The first-order valence-corrected chi connectivity index (χ1v) is 10.2. The van der Waals surface area contributed by atoms with Crippen LogP contribution in [-0.2, 0) is 6.54 Å². The Kier molecular flexibility index (Phi) is 6.48. The minimum atomic E-state index is -0.529. The third kappa shape index (κ3) is 4.60. The molecule has 0 saturated carbocycles. The molecule has 0 radical (unpaired) electrons. The third-order valence-corrected chi connectivity index (χ3v) is 5.48. The summed E-state index contributed by atoms with van der Waals surface area (Å²) in [6, 6.07) is 8.33. The monoisotopic (exact) mass is 401 g/mol. The number of hydrogen-bond acceptors (Lipinski definition) is 7. The zero-order chi connectivity index (χ0) is 20.1. The molecule has 1 saturated heterocycles. The molecular weight excluding hydrogens is 378 g/mol. The van der Waals surface area contributed by atoms with Crippen LogP contribution in [-0.4, -0.2) is 60.2 Å². The number of anilines is 1. The Hall–Kier alpha value is -2.65. The third-order valence-electron chi connectivity index (χ3n) is 4.75. The van der Waals surface area contributed by atoms with Crippen molar-refractivity contribution in [1.82, 2.24) is 15.2 Å². The van der Waals surface area contributed by atoms with Gasteiger partial charge in [0, 0.05) is 55.4 Å². The average molecular weight is 401 g/mol. The number of carbonyl (C=O) groups excluding carboxylic acids is 1. The van der Waals surface area contributed by atoms with E-state index in [0.717, 1.165) is 42.5 Å². The average Bonchev–Trinajstić information content (AvgIpc) is 2.72. The number of hydrogen-bond donors (Lipinski definition) is 1. The number of pyridine rings is 1. The lowest BCUT2D eigenvalue weighted by Crippen LogP contribution is -2.45. The largest absolute Gasteiger partial charge is 0.354 e. The Morgan fingerprint density at radius 2 is 2.04 bits per heavy atom. The maximum atomic E-state index is 12.7. The topological polar surface area (TPSA) is 91.6 Å². The van der Waals surface area contributed by atoms with E-state index in [1.54, 1.807) is 18.3 Å². The molecule has 2 aromatic rings. The zero-order valence-corrected chi connectivity index (χ0v) is 16.7. The van der Waals surface area contributed by atoms with Crippen LogP contribution >= 0.6 is 11.8 Å². The van der Waals surface area contributed by atoms with E-state index in [-0.39, 0.29) is 17.8 Å². The van der Waals surface area contributed by atoms with Crippen LogP contribution < -0.4 is 10.2 Å². The molecule has 2 heterocycles. The van der Waals surface area contributed by atoms with Gasteiger partial charge in [-0.1, -0.05) is 6.07 Å². The Labute approximate surface area is 168 Å². The Bertz CT molecular complexity index is 868. The summed E-state index contributed by atoms with van der Waals surface area (Å²) in [5.41, 5.74) is 0.770. The molecule has 1 aromatic heterocycles. The Balaban J connectivity index is 1.76. The van der Waals surface area contributed by atoms with E-state index in [1.165, 1.54) is 17.8 Å². The summed E-state index contributed by atoms with van der Waals surface area (Å²) in [5, 5.41) is 14.1. The zero-order valence-electron chi connectivity index (χ0n) is 15.9. The molecule has 28 heavy (non-hydrogen) atoms. The molecule has 8 nitrogen and oxygen atoms in total. The number of nitrogens with one attached hydrogen (secondary N) is 1. The van der Waals surface area contributed by atoms with Crippen LogP contribution in [0.5, 0.6) is 0 Å². The fraction of sp³-hybridized carbons (Fsp3) is 0.368. The van der Waals surface area contributed by atoms with Crippen molar-refractivity contribution in [3.8, 4) is 0 Å². The van der Waals surface area contributed by atoms with Crippen molar-refractivity contribution in [2.75, 3.05) is 44.4 Å². The first-order chi connectivity index (χ1) is 13.5. The molecule has 0 bridgehead atoms. The van der Waals surface area contributed by atoms with Crippen LogP contribution in [0.2, 0.25) is 0 Å². The maximum Gasteiger partial charge on any atom is 0.282 e. The first-order valence-electron chi connectivity index (χ1n) is 8.97. The van der Waals surface area contributed by atoms with Crippen LogP contribution in [0, 0.1) is 10.1 Å². The number of carbonyl (C=O) groups is 1. The van der Waals surface area contributed by atoms with Gasteiger partial charge in [-0.2, -0.15) is 0 Å². The summed E-state index contributed by atoms with van der Waals surface area (Å²) in [7, 11) is 2.09. The van der Waals surface area contributed by atoms with Crippen molar-refractivity contribution >= 4 is 29.2 Å². The second-order valence-electron chi connectivity index (χ2n) is 6.60. The van der Waals surface area contributed by atoms with Gasteiger partial charge in [-0.15, -0.1) is 11.8 Å². The minimum Gasteiger partial charge on any atom is -0.354 e. The van der Waals surface area contributed by atoms with Crippen molar-refractivity contribution < 1.29 is 9.72 Å². The molecule has 148 valence electrons. The van der Waals surface area contributed by atoms with Crippen molar-refractivity contribution in [3.63, 3.8) is 0 Å². The molecule has 3 rings (SSSR count). The molecule has 0 spiro atoms. The SMILES string of the molecule is CSc1ccc([N+](=O)[O-])c(C(=O)NCc2cccnc2N2CCN(C)CC2)c1. The number of benzene rings is 1. The number of nitro groups is 1. The summed E-state index contributed by atoms with van der Waals surface area (Å²) in [5.74, 6) is 0.388. The molecule has 1 N–H and O–H groups in total. The van der Waals surface area contributed by atoms with E-state index in [2.05, 4.69) is 27.1 Å². The van der Waals surface area contributed by atoms with Gasteiger partial charge >= 0.3 is 0 Å². The second kappa shape index (κ2) is 9.03. The van der Waals surface area contributed by atoms with Gasteiger partial charge in [0.15, 0.2) is 0 Å². The standard InChI is InChI=1S/C19H23N5O3S/c1-22-8-10-23(11-9-22)18-14(4-3-7-20-18)13-21-19(25)16-12-15(28-2)5-6-17(16)24(26)27/h3-7,12H,8-11,13H2,1-2H3,(H,21,25). The Morgan fingerprint density at radius 3 is 2.71 bits per heavy atom. The molecule has 1 aliphatic heterocycles. The molecular formula is C19H23N5O3S. The number of aromatic nitrogens is 1. The lowest BCUT2D eigenvalue weighted by molar-refractivity contribution is -0.385. The van der Waals surface area contributed by atoms with Gasteiger partial charge in [0.25, 0.3) is 11.6 Å². The highest BCUT2D eigenvalue weighted by Crippen LogP contribution is 2.25. The van der Waals surface area contributed by atoms with E-state index < -0.39 is 10.8 Å². The number of nitrogens with zero attached hydrogens (tertiary/aromatic N) is 4. The van der Waals surface area contributed by atoms with Gasteiger partial charge in [0.2, 0.25) is 0 Å². The van der Waals surface area contributed by atoms with Crippen LogP contribution in [0.25, 0.3) is 0 Å². The summed E-state index contributed by atoms with van der Waals surface area (Å²) in [6.07, 6.45) is 3.60. The number of nitro benzene ring substituents is 1. The summed E-state index contributed by atoms with van der Waals surface area (Å²) >= 11 is 1.43. The maximum absolute atomic E-state index is 12.7. The van der Waals surface area contributed by atoms with Crippen molar-refractivity contribution in [1.29, 1.82) is 0 Å². The van der Waals surface area contributed by atoms with E-state index in [9.17, 15) is 14.9 Å². The van der Waals surface area contributed by atoms with Crippen LogP contribution in [0.4, 0.5) is 11.5 Å². The van der Waals surface area contributed by atoms with Crippen molar-refractivity contribution in [2.45, 2.75) is 11.4 Å². The fourth-order valence-corrected chi connectivity index (χ4v) is 3.56. The normalized spacial score (nSPS) is 14.7. The predicted molar refractivity (Wildman–Crippen MR) is 110 cm³/mol. The number of piperazine rings is 1. The van der Waals surface area contributed by atoms with Crippen molar-refractivity contribution in [3.05, 3.63) is 57.8 Å². The van der Waals surface area contributed by atoms with E-state index >= 15 is 0 Å². The summed E-state index contributed by atoms with van der Waals surface area (Å²) < 4.78 is 0. The molecule has 1 aliphatic rings. The van der Waals surface area contributed by atoms with Gasteiger partial charge in [-0.3, -0.25) is 14.9 Å². The quantitative estimate of drug-likeness (QED) is 0.451. The van der Waals surface area contributed by atoms with Crippen LogP contribution in [0.1, 0.15) is 15.9 Å². The highest BCUT2D eigenvalue weighted by atomic mass is 32.2. The molecule has 1 aromatic carbocycles. The summed E-state index contributed by atoms with van der Waals surface area (Å²) in [6.45, 7) is 3.91. The Morgan fingerprint density at radius 1 is 1.29 bits per heavy atom. The van der Waals surface area contributed by atoms with Crippen LogP contribution in [0.15, 0.2) is 41.4 Å². The minimum absolute atomic E-state index is 0.0712. The van der Waals surface area contributed by atoms with E-state index in [4.69, 9.17) is 0 Å². The number of rotatable bonds is 6. The fourth-order valence-electron chi connectivity index (χ4n) is 3.13. The lowest BCUT2D eigenvalue weighted by atomic mass is 10.1. The van der Waals surface area contributed by atoms with Gasteiger partial charge < -0.3 is 15.1 Å². The molecule has 0 unspecified atom stereocenters. The van der Waals surface area contributed by atoms with E-state index in [0.29, 0.717) is 0 Å². The molecule has 9 heteroatoms. The number of amides is 1. The predicted octanol–water partition coefficient (Wildman–Crippen LogP) is 2.39. The second-order valence-corrected chi connectivity index (χ2v) is 7.48. The molecule has 1 fully saturated rings. The van der Waals surface area contributed by atoms with Gasteiger partial charge in [-0.05, 0) is 31.5 Å². The highest BCUT2D eigenvalue weighted by Gasteiger charge is 2.22. The molecule has 0 atom stereocenters. The van der Waals surface area contributed by atoms with E-state index in [1.807, 2.05) is 18.4 Å². The van der Waals surface area contributed by atoms with Gasteiger partial charge in [0.1, 0.15) is 11.4 Å². The lowest BCUT2D eigenvalue weighted by Gasteiger charge is -2.34. The number of likely N-dealkylation sites (N-methyl/N-ethyl adjacent to an activating group) is 1. The highest BCUT2D eigenvalue weighted by molar-refractivity contribution is 7.98. The summed E-state index contributed by atoms with van der Waals surface area (Å²) in [4.78, 5) is 33.2. The van der Waals surface area contributed by atoms with Gasteiger partial charge in [0.05, 0.1) is 4.92 Å². The smallest absolute Gasteiger partial charge is 0.282 e. The molecule has 0 aliphatic carbocycles. The van der Waals surface area contributed by atoms with Crippen molar-refractivity contribution in [2.24, 2.45) is 0 Å². The van der Waals surface area contributed by atoms with Gasteiger partial charge in [-0.25, -0.2) is 4.98 Å². The first kappa shape index (κ1) is 20.1. The number of thioether (sulfide) groups is 1.